The highest BCUT2D eigenvalue weighted by Gasteiger charge is 2.49. The van der Waals surface area contributed by atoms with Gasteiger partial charge in [0.1, 0.15) is 98.6 Å². The zero-order chi connectivity index (χ0) is 36.8. The fraction of sp³-hybridized carbons (Fsp3) is 0.667. The smallest absolute Gasteiger partial charge is 0.142 e. The molecule has 0 rings (SSSR count). The van der Waals surface area contributed by atoms with Gasteiger partial charge in [0.15, 0.2) is 0 Å². The van der Waals surface area contributed by atoms with Gasteiger partial charge in [0.05, 0.1) is 52.9 Å². The molecule has 0 unspecified atom stereocenters. The second-order valence-corrected chi connectivity index (χ2v) is 9.40. The summed E-state index contributed by atoms with van der Waals surface area (Å²) in [6.07, 6.45) is -0.0149. The maximum absolute atomic E-state index is 12.5. The number of hydrazine groups is 7. The van der Waals surface area contributed by atoms with Crippen molar-refractivity contribution < 1.29 is 79.2 Å². The third kappa shape index (κ3) is 11.4. The van der Waals surface area contributed by atoms with E-state index in [9.17, 15) is 79.2 Å². The molecule has 0 bridgehead atoms. The first-order chi connectivity index (χ1) is 23.1. The van der Waals surface area contributed by atoms with E-state index >= 15 is 0 Å². The van der Waals surface area contributed by atoms with Gasteiger partial charge in [-0.05, 0) is 0 Å². The van der Waals surface area contributed by atoms with Crippen LogP contribution < -0.4 is 10.9 Å². The molecule has 0 aromatic rings. The van der Waals surface area contributed by atoms with Crippen LogP contribution in [0.2, 0.25) is 0 Å². The van der Waals surface area contributed by atoms with E-state index in [0.717, 1.165) is 0 Å². The van der Waals surface area contributed by atoms with Crippen LogP contribution in [0.1, 0.15) is 0 Å². The van der Waals surface area contributed by atoms with Crippen LogP contribution in [0, 0.1) is 0 Å². The molecule has 0 aromatic carbocycles. The molecular formula is C24H42N8O16. The molecule has 0 heterocycles. The monoisotopic (exact) mass is 698 g/mol. The Kier molecular flexibility index (Phi) is 23.1. The number of carbonyl (C=O) groups excluding carboxylic acids is 8. The van der Waals surface area contributed by atoms with E-state index in [4.69, 9.17) is 0 Å². The number of nitrogens with one attached hydrogen (secondary N) is 2. The largest absolute Gasteiger partial charge is 0.394 e. The summed E-state index contributed by atoms with van der Waals surface area (Å²) >= 11 is 0. The Morgan fingerprint density at radius 1 is 0.333 bits per heavy atom. The second-order valence-electron chi connectivity index (χ2n) is 9.40. The number of nitrogens with zero attached hydrogens (tertiary/aromatic N) is 6. The molecule has 24 nitrogen and oxygen atoms in total. The van der Waals surface area contributed by atoms with Crippen molar-refractivity contribution in [1.82, 2.24) is 41.6 Å². The minimum atomic E-state index is -2.13. The van der Waals surface area contributed by atoms with Crippen molar-refractivity contribution in [2.45, 2.75) is 48.3 Å². The van der Waals surface area contributed by atoms with Crippen LogP contribution in [-0.4, -0.2) is 223 Å². The molecule has 274 valence electrons. The molecule has 48 heavy (non-hydrogen) atoms. The first kappa shape index (κ1) is 44.7. The Balaban J connectivity index is 8.58. The van der Waals surface area contributed by atoms with Crippen molar-refractivity contribution in [2.24, 2.45) is 0 Å². The Labute approximate surface area is 272 Å². The molecule has 0 aliphatic rings. The van der Waals surface area contributed by atoms with Gasteiger partial charge in [-0.3, -0.25) is 0 Å². The third-order valence-corrected chi connectivity index (χ3v) is 6.27. The van der Waals surface area contributed by atoms with Gasteiger partial charge < -0.3 is 79.2 Å². The van der Waals surface area contributed by atoms with Crippen molar-refractivity contribution in [3.8, 4) is 0 Å². The second kappa shape index (κ2) is 24.8. The molecule has 0 saturated heterocycles. The topological polar surface area (TPSA) is 342 Å². The van der Waals surface area contributed by atoms with Gasteiger partial charge in [0, 0.05) is 0 Å². The number of rotatable bonds is 31. The predicted octanol–water partition coefficient (Wildman–Crippen LogP) is -10.1. The van der Waals surface area contributed by atoms with Gasteiger partial charge in [0.2, 0.25) is 0 Å². The van der Waals surface area contributed by atoms with E-state index in [1.165, 1.54) is 0 Å². The number of hydrogen-bond acceptors (Lipinski definition) is 24. The Morgan fingerprint density at radius 3 is 0.729 bits per heavy atom. The van der Waals surface area contributed by atoms with E-state index in [-0.39, 0.29) is 50.3 Å². The van der Waals surface area contributed by atoms with Crippen molar-refractivity contribution >= 4 is 50.3 Å². The number of hydrogen-bond donors (Lipinski definition) is 10. The minimum absolute atomic E-state index is 0.0107. The predicted molar refractivity (Wildman–Crippen MR) is 153 cm³/mol. The van der Waals surface area contributed by atoms with Crippen LogP contribution in [0.5, 0.6) is 0 Å². The van der Waals surface area contributed by atoms with E-state index in [0.29, 0.717) is 30.7 Å². The molecule has 0 fully saturated rings. The molecule has 0 aliphatic heterocycles. The van der Waals surface area contributed by atoms with Crippen LogP contribution in [0.25, 0.3) is 0 Å². The maximum atomic E-state index is 12.5. The highest BCUT2D eigenvalue weighted by Crippen LogP contribution is 2.24. The Morgan fingerprint density at radius 2 is 0.562 bits per heavy atom. The standard InChI is InChI=1S/C24H42N8O16/c33-1-17(2-34)25-27(19(5-37)6-38)29(21(9-41)10-42)31(23(13-45)14-46)32(24(15-47)16-48)30(22(11-43)12-44)28(20(7-39)8-40)26-18(3-35)4-36/h1,3,5,7,9,11,13,15,17-26,34,36,38,40,42,44,46,48H,2,4,6,8,10,12,14,16H2/t17-,18-,19-,20-,21-,22-,23-,24-/m1/s1. The molecule has 0 aliphatic carbocycles. The highest BCUT2D eigenvalue weighted by atomic mass is 16.3. The maximum Gasteiger partial charge on any atom is 0.142 e. The van der Waals surface area contributed by atoms with Crippen molar-refractivity contribution in [3.63, 3.8) is 0 Å². The van der Waals surface area contributed by atoms with E-state index in [2.05, 4.69) is 10.9 Å². The zero-order valence-corrected chi connectivity index (χ0v) is 25.4. The quantitative estimate of drug-likeness (QED) is 0.0237. The lowest BCUT2D eigenvalue weighted by Crippen LogP contribution is -2.80. The molecule has 0 radical (unpaired) electrons. The molecule has 0 saturated carbocycles. The first-order valence-electron chi connectivity index (χ1n) is 13.9. The van der Waals surface area contributed by atoms with Crippen molar-refractivity contribution in [3.05, 3.63) is 0 Å². The lowest BCUT2D eigenvalue weighted by Gasteiger charge is -2.57. The Bertz CT molecular complexity index is 928. The summed E-state index contributed by atoms with van der Waals surface area (Å²) in [5.74, 6) is 0. The van der Waals surface area contributed by atoms with Crippen molar-refractivity contribution in [2.75, 3.05) is 52.9 Å². The molecule has 10 N–H and O–H groups in total. The fourth-order valence-electron chi connectivity index (χ4n) is 3.84. The SMILES string of the molecule is O=C[C@H](CO)NN([C@H](C=O)CO)N([C@H](C=O)CO)N([C@H](C=O)CO)N([C@H](C=O)CO)N([C@H](C=O)CO)N(N[C@H](C=O)CO)[C@H](C=O)CO. The van der Waals surface area contributed by atoms with Crippen LogP contribution in [-0.2, 0) is 38.4 Å². The molecule has 0 aromatic heterocycles. The molecular weight excluding hydrogens is 656 g/mol. The van der Waals surface area contributed by atoms with Gasteiger partial charge in [0.25, 0.3) is 0 Å². The number of aliphatic hydroxyl groups excluding tert-OH is 8. The number of aliphatic hydroxyl groups is 8. The van der Waals surface area contributed by atoms with Gasteiger partial charge in [-0.25, -0.2) is 10.9 Å². The van der Waals surface area contributed by atoms with Gasteiger partial charge in [-0.15, -0.1) is 30.7 Å². The summed E-state index contributed by atoms with van der Waals surface area (Å²) in [6.45, 7) is -9.52. The average molecular weight is 699 g/mol. The van der Waals surface area contributed by atoms with Crippen molar-refractivity contribution in [1.29, 1.82) is 0 Å². The number of carbonyl (C=O) groups is 8. The number of aldehydes is 8. The molecule has 0 amide bonds. The molecule has 8 atom stereocenters. The van der Waals surface area contributed by atoms with Crippen LogP contribution in [0.15, 0.2) is 0 Å². The van der Waals surface area contributed by atoms with Gasteiger partial charge in [-0.1, -0.05) is 0 Å². The average Bonchev–Trinajstić information content (AvgIpc) is 3.12. The Hall–Kier alpha value is -3.28. The van der Waals surface area contributed by atoms with E-state index < -0.39 is 101 Å². The summed E-state index contributed by atoms with van der Waals surface area (Å²) < 4.78 is 0. The summed E-state index contributed by atoms with van der Waals surface area (Å²) in [5.41, 5.74) is 4.52. The normalized spacial score (nSPS) is 17.0. The van der Waals surface area contributed by atoms with Gasteiger partial charge >= 0.3 is 0 Å². The van der Waals surface area contributed by atoms with E-state index in [1.807, 2.05) is 0 Å². The minimum Gasteiger partial charge on any atom is -0.394 e. The van der Waals surface area contributed by atoms with Crippen LogP contribution >= 0.6 is 0 Å². The highest BCUT2D eigenvalue weighted by molar-refractivity contribution is 5.63. The molecule has 24 heteroatoms. The zero-order valence-electron chi connectivity index (χ0n) is 25.4. The first-order valence-corrected chi connectivity index (χ1v) is 13.9. The lowest BCUT2D eigenvalue weighted by atomic mass is 10.3. The van der Waals surface area contributed by atoms with E-state index in [1.54, 1.807) is 0 Å². The van der Waals surface area contributed by atoms with Gasteiger partial charge in [-0.2, -0.15) is 0 Å². The summed E-state index contributed by atoms with van der Waals surface area (Å²) in [6, 6.07) is -15.6. The summed E-state index contributed by atoms with van der Waals surface area (Å²) in [5, 5.41) is 82.8. The van der Waals surface area contributed by atoms with Crippen LogP contribution in [0.4, 0.5) is 0 Å². The lowest BCUT2D eigenvalue weighted by molar-refractivity contribution is -0.424. The fourth-order valence-corrected chi connectivity index (χ4v) is 3.84. The molecule has 0 spiro atoms. The summed E-state index contributed by atoms with van der Waals surface area (Å²) in [7, 11) is 0. The third-order valence-electron chi connectivity index (χ3n) is 6.27. The summed E-state index contributed by atoms with van der Waals surface area (Å²) in [4.78, 5) is 97.5. The van der Waals surface area contributed by atoms with Crippen LogP contribution in [0.3, 0.4) is 0 Å².